The van der Waals surface area contributed by atoms with E-state index in [1.165, 1.54) is 42.5 Å². The van der Waals surface area contributed by atoms with Gasteiger partial charge in [0.1, 0.15) is 0 Å². The predicted molar refractivity (Wildman–Crippen MR) is 129 cm³/mol. The van der Waals surface area contributed by atoms with Gasteiger partial charge in [-0.05, 0) is 65.2 Å². The van der Waals surface area contributed by atoms with Crippen LogP contribution in [0.5, 0.6) is 0 Å². The largest absolute Gasteiger partial charge is 0.416 e. The van der Waals surface area contributed by atoms with Crippen LogP contribution < -0.4 is 5.32 Å². The Labute approximate surface area is 207 Å². The van der Waals surface area contributed by atoms with Gasteiger partial charge >= 0.3 is 12.4 Å². The number of benzene rings is 3. The van der Waals surface area contributed by atoms with Gasteiger partial charge in [-0.1, -0.05) is 42.5 Å². The topological polar surface area (TPSA) is 42.0 Å². The summed E-state index contributed by atoms with van der Waals surface area (Å²) in [5.41, 5.74) is 0.580. The van der Waals surface area contributed by atoms with E-state index in [1.54, 1.807) is 30.5 Å². The van der Waals surface area contributed by atoms with Crippen molar-refractivity contribution in [1.82, 2.24) is 4.98 Å². The first-order valence-electron chi connectivity index (χ1n) is 10.9. The molecule has 3 aromatic carbocycles. The number of carbonyl (C=O) groups is 1. The Bertz CT molecular complexity index is 1410. The van der Waals surface area contributed by atoms with Gasteiger partial charge in [-0.2, -0.15) is 26.3 Å². The second-order valence-corrected chi connectivity index (χ2v) is 7.99. The fraction of sp³-hybridized carbons (Fsp3) is 0.0714. The van der Waals surface area contributed by atoms with E-state index in [0.717, 1.165) is 35.2 Å². The molecule has 0 saturated carbocycles. The van der Waals surface area contributed by atoms with Crippen LogP contribution in [0.25, 0.3) is 16.5 Å². The molecule has 0 aliphatic rings. The zero-order chi connectivity index (χ0) is 26.6. The lowest BCUT2D eigenvalue weighted by molar-refractivity contribution is -0.138. The summed E-state index contributed by atoms with van der Waals surface area (Å²) < 4.78 is 77.9. The summed E-state index contributed by atoms with van der Waals surface area (Å²) in [6, 6.07) is 17.3. The quantitative estimate of drug-likeness (QED) is 0.168. The van der Waals surface area contributed by atoms with Crippen LogP contribution in [0, 0.1) is 0 Å². The third-order valence-electron chi connectivity index (χ3n) is 5.43. The molecule has 37 heavy (non-hydrogen) atoms. The summed E-state index contributed by atoms with van der Waals surface area (Å²) in [5, 5.41) is 3.53. The Hall–Kier alpha value is -4.40. The Balaban J connectivity index is 1.60. The number of alkyl halides is 6. The lowest BCUT2D eigenvalue weighted by atomic mass is 9.95. The van der Waals surface area contributed by atoms with Crippen LogP contribution in [0.15, 0.2) is 103 Å². The number of nitrogens with zero attached hydrogens (tertiary/aromatic N) is 1. The molecule has 1 heterocycles. The minimum Gasteiger partial charge on any atom is -0.322 e. The van der Waals surface area contributed by atoms with E-state index in [0.29, 0.717) is 22.4 Å². The van der Waals surface area contributed by atoms with Gasteiger partial charge in [-0.15, -0.1) is 0 Å². The molecule has 0 aliphatic carbocycles. The van der Waals surface area contributed by atoms with Crippen molar-refractivity contribution in [3.8, 4) is 0 Å². The van der Waals surface area contributed by atoms with Crippen LogP contribution in [0.3, 0.4) is 0 Å². The standard InChI is InChI=1S/C28H18F6N2O/c29-27(30,31)21-10-6-18(7-11-21)24(19-8-12-22(13-9-19)28(32,33)34)4-1-5-26(37)36-23-14-15-25-20(17-23)3-2-16-35-25/h1-17H,(H,36,37). The first-order valence-corrected chi connectivity index (χ1v) is 10.9. The van der Waals surface area contributed by atoms with E-state index < -0.39 is 29.4 Å². The van der Waals surface area contributed by atoms with Crippen molar-refractivity contribution in [2.24, 2.45) is 0 Å². The molecule has 0 bridgehead atoms. The van der Waals surface area contributed by atoms with Crippen molar-refractivity contribution < 1.29 is 31.1 Å². The number of nitrogens with one attached hydrogen (secondary N) is 1. The van der Waals surface area contributed by atoms with Crippen LogP contribution in [-0.2, 0) is 17.1 Å². The normalized spacial score (nSPS) is 12.1. The molecule has 0 fully saturated rings. The number of anilines is 1. The monoisotopic (exact) mass is 512 g/mol. The van der Waals surface area contributed by atoms with Gasteiger partial charge in [0.25, 0.3) is 0 Å². The average molecular weight is 512 g/mol. The molecule has 1 aromatic heterocycles. The number of halogens is 6. The van der Waals surface area contributed by atoms with Crippen molar-refractivity contribution in [1.29, 1.82) is 0 Å². The number of allylic oxidation sites excluding steroid dienone is 2. The molecule has 0 aliphatic heterocycles. The number of aromatic nitrogens is 1. The maximum Gasteiger partial charge on any atom is 0.416 e. The van der Waals surface area contributed by atoms with Crippen molar-refractivity contribution in [2.45, 2.75) is 12.4 Å². The minimum absolute atomic E-state index is 0.333. The molecular weight excluding hydrogens is 494 g/mol. The van der Waals surface area contributed by atoms with Crippen LogP contribution in [0.4, 0.5) is 32.0 Å². The van der Waals surface area contributed by atoms with Crippen molar-refractivity contribution in [2.75, 3.05) is 5.32 Å². The van der Waals surface area contributed by atoms with E-state index in [4.69, 9.17) is 0 Å². The highest BCUT2D eigenvalue weighted by atomic mass is 19.4. The zero-order valence-corrected chi connectivity index (χ0v) is 18.9. The van der Waals surface area contributed by atoms with Crippen LogP contribution >= 0.6 is 0 Å². The fourth-order valence-corrected chi connectivity index (χ4v) is 3.61. The summed E-state index contributed by atoms with van der Waals surface area (Å²) in [7, 11) is 0. The molecule has 0 atom stereocenters. The molecule has 0 radical (unpaired) electrons. The predicted octanol–water partition coefficient (Wildman–Crippen LogP) is 7.90. The van der Waals surface area contributed by atoms with Crippen LogP contribution in [-0.4, -0.2) is 10.9 Å². The summed E-state index contributed by atoms with van der Waals surface area (Å²) in [6.45, 7) is 0. The van der Waals surface area contributed by atoms with Gasteiger partial charge < -0.3 is 5.32 Å². The Morgan fingerprint density at radius 1 is 0.757 bits per heavy atom. The molecule has 0 saturated heterocycles. The maximum atomic E-state index is 13.0. The molecule has 1 amide bonds. The van der Waals surface area contributed by atoms with Crippen molar-refractivity contribution >= 4 is 28.1 Å². The third kappa shape index (κ3) is 6.43. The summed E-state index contributed by atoms with van der Waals surface area (Å²) in [5.74, 6) is -0.473. The van der Waals surface area contributed by atoms with Gasteiger partial charge in [0.15, 0.2) is 0 Å². The maximum absolute atomic E-state index is 13.0. The van der Waals surface area contributed by atoms with E-state index in [-0.39, 0.29) is 0 Å². The summed E-state index contributed by atoms with van der Waals surface area (Å²) in [4.78, 5) is 16.6. The number of pyridine rings is 1. The average Bonchev–Trinajstić information content (AvgIpc) is 2.86. The highest BCUT2D eigenvalue weighted by Crippen LogP contribution is 2.33. The lowest BCUT2D eigenvalue weighted by Gasteiger charge is -2.12. The van der Waals surface area contributed by atoms with E-state index in [1.807, 2.05) is 6.07 Å². The fourth-order valence-electron chi connectivity index (χ4n) is 3.61. The molecule has 4 rings (SSSR count). The van der Waals surface area contributed by atoms with Crippen LogP contribution in [0.2, 0.25) is 0 Å². The highest BCUT2D eigenvalue weighted by molar-refractivity contribution is 6.01. The van der Waals surface area contributed by atoms with Crippen molar-refractivity contribution in [3.63, 3.8) is 0 Å². The second kappa shape index (κ2) is 10.3. The van der Waals surface area contributed by atoms with Crippen LogP contribution in [0.1, 0.15) is 22.3 Å². The van der Waals surface area contributed by atoms with Crippen molar-refractivity contribution in [3.05, 3.63) is 126 Å². The first kappa shape index (κ1) is 25.7. The van der Waals surface area contributed by atoms with Gasteiger partial charge in [-0.3, -0.25) is 9.78 Å². The highest BCUT2D eigenvalue weighted by Gasteiger charge is 2.31. The molecule has 0 spiro atoms. The third-order valence-corrected chi connectivity index (χ3v) is 5.43. The van der Waals surface area contributed by atoms with Gasteiger partial charge in [0.05, 0.1) is 16.6 Å². The molecule has 4 aromatic rings. The minimum atomic E-state index is -4.53. The molecule has 1 N–H and O–H groups in total. The number of hydrogen-bond acceptors (Lipinski definition) is 2. The van der Waals surface area contributed by atoms with Gasteiger partial charge in [0, 0.05) is 23.3 Å². The Morgan fingerprint density at radius 2 is 1.32 bits per heavy atom. The van der Waals surface area contributed by atoms with Gasteiger partial charge in [-0.25, -0.2) is 0 Å². The number of carbonyl (C=O) groups excluding carboxylic acids is 1. The van der Waals surface area contributed by atoms with Gasteiger partial charge in [0.2, 0.25) is 5.91 Å². The first-order chi connectivity index (χ1) is 17.5. The molecule has 188 valence electrons. The number of rotatable bonds is 5. The lowest BCUT2D eigenvalue weighted by Crippen LogP contribution is -2.07. The van der Waals surface area contributed by atoms with E-state index in [2.05, 4.69) is 10.3 Å². The second-order valence-electron chi connectivity index (χ2n) is 7.99. The van der Waals surface area contributed by atoms with E-state index in [9.17, 15) is 31.1 Å². The number of fused-ring (bicyclic) bond motifs is 1. The molecule has 3 nitrogen and oxygen atoms in total. The number of hydrogen-bond donors (Lipinski definition) is 1. The summed E-state index contributed by atoms with van der Waals surface area (Å²) >= 11 is 0. The summed E-state index contributed by atoms with van der Waals surface area (Å²) in [6.07, 6.45) is -3.37. The molecular formula is C28H18F6N2O. The van der Waals surface area contributed by atoms with E-state index >= 15 is 0 Å². The smallest absolute Gasteiger partial charge is 0.322 e. The molecule has 0 unspecified atom stereocenters. The SMILES string of the molecule is O=C(C=CC=C(c1ccc(C(F)(F)F)cc1)c1ccc(C(F)(F)F)cc1)Nc1ccc2ncccc2c1. The zero-order valence-electron chi connectivity index (χ0n) is 18.9. The molecule has 9 heteroatoms. The Kier molecular flexibility index (Phi) is 7.15. The Morgan fingerprint density at radius 3 is 1.86 bits per heavy atom. The number of amides is 1.